The Balaban J connectivity index is 2.19. The van der Waals surface area contributed by atoms with E-state index in [0.29, 0.717) is 10.6 Å². The van der Waals surface area contributed by atoms with Crippen molar-refractivity contribution in [2.45, 2.75) is 20.8 Å². The third-order valence-corrected chi connectivity index (χ3v) is 5.02. The summed E-state index contributed by atoms with van der Waals surface area (Å²) in [5.74, 6) is -0.277. The Morgan fingerprint density at radius 1 is 1.15 bits per heavy atom. The zero-order valence-electron chi connectivity index (χ0n) is 15.7. The highest BCUT2D eigenvalue weighted by atomic mass is 35.5. The van der Waals surface area contributed by atoms with Crippen LogP contribution in [0.3, 0.4) is 0 Å². The lowest BCUT2D eigenvalue weighted by atomic mass is 9.94. The van der Waals surface area contributed by atoms with E-state index in [1.165, 1.54) is 11.6 Å². The van der Waals surface area contributed by atoms with Crippen LogP contribution >= 0.6 is 11.6 Å². The number of anilines is 1. The molecule has 1 heterocycles. The number of halogens is 2. The van der Waals surface area contributed by atoms with E-state index in [9.17, 15) is 4.39 Å². The van der Waals surface area contributed by atoms with E-state index in [-0.39, 0.29) is 5.82 Å². The predicted molar refractivity (Wildman–Crippen MR) is 110 cm³/mol. The van der Waals surface area contributed by atoms with Crippen LogP contribution in [0, 0.1) is 19.7 Å². The molecule has 1 aliphatic rings. The summed E-state index contributed by atoms with van der Waals surface area (Å²) >= 11 is 6.42. The lowest BCUT2D eigenvalue weighted by Crippen LogP contribution is -2.21. The SMILES string of the molecule is CCNc1ccc(C2=C(c3cc(C)c(F)cc3Cl)N(C)CC=C2)cc1C. The fraction of sp³-hybridized carbons (Fsp3) is 0.273. The lowest BCUT2D eigenvalue weighted by Gasteiger charge is -2.29. The average molecular weight is 371 g/mol. The van der Waals surface area contributed by atoms with Crippen molar-refractivity contribution in [3.63, 3.8) is 0 Å². The second-order valence-corrected chi connectivity index (χ2v) is 7.09. The van der Waals surface area contributed by atoms with Gasteiger partial charge in [-0.15, -0.1) is 0 Å². The van der Waals surface area contributed by atoms with Gasteiger partial charge in [0.05, 0.1) is 10.7 Å². The standard InChI is InChI=1S/C22H24ClFN2/c1-5-25-21-9-8-16(11-15(21)3)17-7-6-10-26(4)22(17)18-12-14(2)20(24)13-19(18)23/h6-9,11-13,25H,5,10H2,1-4H3. The maximum atomic E-state index is 13.9. The molecule has 0 spiro atoms. The first kappa shape index (κ1) is 18.5. The summed E-state index contributed by atoms with van der Waals surface area (Å²) in [7, 11) is 2.04. The van der Waals surface area contributed by atoms with Gasteiger partial charge in [0.15, 0.2) is 0 Å². The van der Waals surface area contributed by atoms with Crippen molar-refractivity contribution in [2.24, 2.45) is 0 Å². The molecule has 0 atom stereocenters. The van der Waals surface area contributed by atoms with Crippen LogP contribution < -0.4 is 5.32 Å². The van der Waals surface area contributed by atoms with Crippen LogP contribution in [0.2, 0.25) is 5.02 Å². The monoisotopic (exact) mass is 370 g/mol. The molecule has 26 heavy (non-hydrogen) atoms. The van der Waals surface area contributed by atoms with E-state index in [0.717, 1.165) is 41.2 Å². The van der Waals surface area contributed by atoms with E-state index >= 15 is 0 Å². The second-order valence-electron chi connectivity index (χ2n) is 6.69. The Bertz CT molecular complexity index is 899. The van der Waals surface area contributed by atoms with Gasteiger partial charge in [0.25, 0.3) is 0 Å². The molecule has 0 bridgehead atoms. The molecule has 3 rings (SSSR count). The van der Waals surface area contributed by atoms with Crippen LogP contribution in [0.4, 0.5) is 10.1 Å². The number of nitrogens with one attached hydrogen (secondary N) is 1. The number of allylic oxidation sites excluding steroid dienone is 2. The van der Waals surface area contributed by atoms with E-state index in [4.69, 9.17) is 11.6 Å². The zero-order valence-corrected chi connectivity index (χ0v) is 16.4. The topological polar surface area (TPSA) is 15.3 Å². The average Bonchev–Trinajstić information content (AvgIpc) is 2.60. The summed E-state index contributed by atoms with van der Waals surface area (Å²) in [6.45, 7) is 7.64. The van der Waals surface area contributed by atoms with E-state index in [1.54, 1.807) is 6.92 Å². The van der Waals surface area contributed by atoms with Crippen LogP contribution in [-0.2, 0) is 0 Å². The Morgan fingerprint density at radius 2 is 1.92 bits per heavy atom. The van der Waals surface area contributed by atoms with Crippen LogP contribution in [0.5, 0.6) is 0 Å². The van der Waals surface area contributed by atoms with Crippen LogP contribution in [0.15, 0.2) is 42.5 Å². The third kappa shape index (κ3) is 3.49. The molecule has 0 aromatic heterocycles. The van der Waals surface area contributed by atoms with Gasteiger partial charge in [-0.25, -0.2) is 4.39 Å². The normalized spacial score (nSPS) is 14.2. The molecule has 1 aliphatic heterocycles. The molecular formula is C22H24ClFN2. The Morgan fingerprint density at radius 3 is 2.62 bits per heavy atom. The molecule has 0 fully saturated rings. The summed E-state index contributed by atoms with van der Waals surface area (Å²) in [6, 6.07) is 9.65. The minimum absolute atomic E-state index is 0.277. The van der Waals surface area contributed by atoms with Crippen molar-refractivity contribution in [3.8, 4) is 0 Å². The molecule has 2 aromatic carbocycles. The van der Waals surface area contributed by atoms with Gasteiger partial charge < -0.3 is 10.2 Å². The lowest BCUT2D eigenvalue weighted by molar-refractivity contribution is 0.533. The zero-order chi connectivity index (χ0) is 18.8. The summed E-state index contributed by atoms with van der Waals surface area (Å²) in [5, 5.41) is 3.81. The van der Waals surface area contributed by atoms with Crippen molar-refractivity contribution in [2.75, 3.05) is 25.5 Å². The number of nitrogens with zero attached hydrogens (tertiary/aromatic N) is 1. The van der Waals surface area contributed by atoms with Gasteiger partial charge in [-0.2, -0.15) is 0 Å². The molecule has 136 valence electrons. The number of likely N-dealkylation sites (N-methyl/N-ethyl adjacent to an activating group) is 1. The molecule has 0 amide bonds. The highest BCUT2D eigenvalue weighted by molar-refractivity contribution is 6.32. The summed E-state index contributed by atoms with van der Waals surface area (Å²) in [6.07, 6.45) is 4.27. The van der Waals surface area contributed by atoms with E-state index in [1.807, 2.05) is 13.1 Å². The summed E-state index contributed by atoms with van der Waals surface area (Å²) in [5.41, 5.74) is 7.04. The number of hydrogen-bond donors (Lipinski definition) is 1. The van der Waals surface area contributed by atoms with Crippen LogP contribution in [0.1, 0.15) is 29.2 Å². The minimum atomic E-state index is -0.277. The third-order valence-electron chi connectivity index (χ3n) is 4.71. The van der Waals surface area contributed by atoms with Crippen molar-refractivity contribution in [1.82, 2.24) is 4.90 Å². The van der Waals surface area contributed by atoms with Gasteiger partial charge in [0.1, 0.15) is 5.82 Å². The fourth-order valence-electron chi connectivity index (χ4n) is 3.35. The molecular weight excluding hydrogens is 347 g/mol. The van der Waals surface area contributed by atoms with Gasteiger partial charge in [-0.1, -0.05) is 29.8 Å². The predicted octanol–water partition coefficient (Wildman–Crippen LogP) is 5.90. The van der Waals surface area contributed by atoms with E-state index in [2.05, 4.69) is 54.4 Å². The molecule has 2 nitrogen and oxygen atoms in total. The highest BCUT2D eigenvalue weighted by Gasteiger charge is 2.20. The Hall–Kier alpha value is -2.26. The maximum Gasteiger partial charge on any atom is 0.127 e. The first-order valence-corrected chi connectivity index (χ1v) is 9.23. The van der Waals surface area contributed by atoms with Gasteiger partial charge in [-0.3, -0.25) is 0 Å². The van der Waals surface area contributed by atoms with Gasteiger partial charge in [0.2, 0.25) is 0 Å². The van der Waals surface area contributed by atoms with Gasteiger partial charge in [-0.05, 0) is 61.7 Å². The molecule has 0 radical (unpaired) electrons. The molecule has 1 N–H and O–H groups in total. The Labute approximate surface area is 160 Å². The number of hydrogen-bond acceptors (Lipinski definition) is 2. The number of benzene rings is 2. The van der Waals surface area contributed by atoms with Crippen molar-refractivity contribution >= 4 is 28.6 Å². The molecule has 4 heteroatoms. The minimum Gasteiger partial charge on any atom is -0.385 e. The molecule has 0 saturated carbocycles. The molecule has 0 saturated heterocycles. The van der Waals surface area contributed by atoms with Crippen LogP contribution in [-0.4, -0.2) is 25.0 Å². The highest BCUT2D eigenvalue weighted by Crippen LogP contribution is 2.37. The van der Waals surface area contributed by atoms with Crippen molar-refractivity contribution in [3.05, 3.63) is 75.6 Å². The van der Waals surface area contributed by atoms with Gasteiger partial charge >= 0.3 is 0 Å². The van der Waals surface area contributed by atoms with Gasteiger partial charge in [0, 0.05) is 37.0 Å². The number of rotatable bonds is 4. The first-order valence-electron chi connectivity index (χ1n) is 8.85. The first-order chi connectivity index (χ1) is 12.4. The molecule has 0 unspecified atom stereocenters. The van der Waals surface area contributed by atoms with E-state index < -0.39 is 0 Å². The second kappa shape index (κ2) is 7.55. The Kier molecular flexibility index (Phi) is 5.38. The van der Waals surface area contributed by atoms with Crippen molar-refractivity contribution in [1.29, 1.82) is 0 Å². The summed E-state index contributed by atoms with van der Waals surface area (Å²) < 4.78 is 13.9. The quantitative estimate of drug-likeness (QED) is 0.721. The van der Waals surface area contributed by atoms with Crippen LogP contribution in [0.25, 0.3) is 11.3 Å². The fourth-order valence-corrected chi connectivity index (χ4v) is 3.59. The van der Waals surface area contributed by atoms with Crippen molar-refractivity contribution < 1.29 is 4.39 Å². The number of aryl methyl sites for hydroxylation is 2. The smallest absolute Gasteiger partial charge is 0.127 e. The maximum absolute atomic E-state index is 13.9. The largest absolute Gasteiger partial charge is 0.385 e. The summed E-state index contributed by atoms with van der Waals surface area (Å²) in [4.78, 5) is 2.15. The molecule has 0 aliphatic carbocycles. The molecule has 2 aromatic rings.